The molecule has 2 fully saturated rings. The molecule has 11 nitrogen and oxygen atoms in total. The Bertz CT molecular complexity index is 712. The van der Waals surface area contributed by atoms with Crippen LogP contribution in [0.4, 0.5) is 0 Å². The summed E-state index contributed by atoms with van der Waals surface area (Å²) < 4.78 is 60.7. The summed E-state index contributed by atoms with van der Waals surface area (Å²) in [5.74, 6) is -0.0436. The van der Waals surface area contributed by atoms with Crippen LogP contribution in [0.25, 0.3) is 0 Å². The minimum Gasteiger partial charge on any atom is -0.758 e. The molecule has 0 aromatic carbocycles. The van der Waals surface area contributed by atoms with Crippen molar-refractivity contribution in [1.29, 1.82) is 0 Å². The molecule has 0 N–H and O–H groups in total. The van der Waals surface area contributed by atoms with Gasteiger partial charge in [-0.3, -0.25) is 9.13 Å². The van der Waals surface area contributed by atoms with Gasteiger partial charge in [0.25, 0.3) is 7.82 Å². The van der Waals surface area contributed by atoms with E-state index in [0.29, 0.717) is 0 Å². The Labute approximate surface area is 261 Å². The summed E-state index contributed by atoms with van der Waals surface area (Å²) in [7, 11) is 2.94. The largest absolute Gasteiger partial charge is 0.758 e. The van der Waals surface area contributed by atoms with E-state index in [2.05, 4.69) is 0 Å². The van der Waals surface area contributed by atoms with E-state index in [-0.39, 0.29) is 103 Å². The van der Waals surface area contributed by atoms with E-state index in [4.69, 9.17) is 47.9 Å². The van der Waals surface area contributed by atoms with Crippen molar-refractivity contribution in [1.82, 2.24) is 0 Å². The molecule has 35 heavy (non-hydrogen) atoms. The molecule has 7 radical (unpaired) electrons. The average molecular weight is 682 g/mol. The summed E-state index contributed by atoms with van der Waals surface area (Å²) in [6, 6.07) is -1.40. The van der Waals surface area contributed by atoms with Gasteiger partial charge >= 0.3 is 0 Å². The zero-order valence-electron chi connectivity index (χ0n) is 20.3. The average Bonchev–Trinajstić information content (AvgIpc) is 3.24. The minimum atomic E-state index is -4.89. The smallest absolute Gasteiger partial charge is 0.268 e. The predicted octanol–water partition coefficient (Wildman–Crippen LogP) is 0.151. The summed E-state index contributed by atoms with van der Waals surface area (Å²) in [6.45, 7) is 8.00. The van der Waals surface area contributed by atoms with E-state index in [0.717, 1.165) is 6.61 Å². The van der Waals surface area contributed by atoms with Crippen molar-refractivity contribution in [2.24, 2.45) is 5.92 Å². The molecule has 2 aliphatic heterocycles. The van der Waals surface area contributed by atoms with E-state index < -0.39 is 52.1 Å². The quantitative estimate of drug-likeness (QED) is 0.140. The molecule has 2 rings (SSSR count). The predicted molar refractivity (Wildman–Crippen MR) is 116 cm³/mol. The van der Waals surface area contributed by atoms with Gasteiger partial charge in [0, 0.05) is 85.2 Å². The van der Waals surface area contributed by atoms with Crippen LogP contribution in [0.15, 0.2) is 0 Å². The van der Waals surface area contributed by atoms with Gasteiger partial charge in [0.05, 0.1) is 38.7 Å². The second-order valence-corrected chi connectivity index (χ2v) is 11.2. The van der Waals surface area contributed by atoms with Gasteiger partial charge in [-0.1, -0.05) is 13.8 Å². The number of ether oxygens (including phenoxy) is 3. The van der Waals surface area contributed by atoms with E-state index >= 15 is 0 Å². The van der Waals surface area contributed by atoms with Crippen LogP contribution in [0.1, 0.15) is 40.5 Å². The van der Waals surface area contributed by atoms with Crippen molar-refractivity contribution in [3.63, 3.8) is 0 Å². The van der Waals surface area contributed by atoms with Crippen LogP contribution in [-0.4, -0.2) is 78.5 Å². The summed E-state index contributed by atoms with van der Waals surface area (Å²) in [5.41, 5.74) is 0. The summed E-state index contributed by atoms with van der Waals surface area (Å²) in [5, 5.41) is 0. The first-order chi connectivity index (χ1) is 15.3. The maximum atomic E-state index is 12.4. The molecule has 2 aliphatic rings. The van der Waals surface area contributed by atoms with Crippen LogP contribution in [0, 0.1) is 12.5 Å². The molecule has 0 saturated carbocycles. The Balaban J connectivity index is 0.00000578. The van der Waals surface area contributed by atoms with Gasteiger partial charge in [0.2, 0.25) is 7.82 Å². The Morgan fingerprint density at radius 2 is 1.69 bits per heavy atom. The Morgan fingerprint density at radius 3 is 2.26 bits per heavy atom. The van der Waals surface area contributed by atoms with Crippen LogP contribution in [0.2, 0.25) is 0 Å². The molecule has 0 aromatic heterocycles. The van der Waals surface area contributed by atoms with Crippen LogP contribution in [-0.2, 0) is 107 Å². The third-order valence-corrected chi connectivity index (χ3v) is 6.52. The van der Waals surface area contributed by atoms with Crippen LogP contribution in [0.5, 0.6) is 0 Å². The maximum Gasteiger partial charge on any atom is 0.268 e. The first kappa shape index (κ1) is 37.5. The van der Waals surface area contributed by atoms with E-state index in [9.17, 15) is 18.9 Å². The molecule has 8 atom stereocenters. The first-order valence-corrected chi connectivity index (χ1v) is 13.6. The van der Waals surface area contributed by atoms with E-state index in [1.54, 1.807) is 13.8 Å². The standard InChI is InChI=1S/C17H31B3O11P2.2Y/c1-10(2)7-26-32(21,22)30-12-5-16(18)28-15(12)9-27-33(23,24)31-13-6-17(20-19)29-14(13)8-25-11(3)4;;/h9-17H,5-8H2,1-4H3,(H,21,22)(H,23,24);;/q-1;;/p-2/t12?,13?,14-,15-,16-,17-;;/m1../s1. The molecule has 0 spiro atoms. The van der Waals surface area contributed by atoms with Gasteiger partial charge in [0.1, 0.15) is 14.0 Å². The fraction of sp³-hybridized carbons (Fsp3) is 0.941. The van der Waals surface area contributed by atoms with Gasteiger partial charge < -0.3 is 42.1 Å². The van der Waals surface area contributed by atoms with Crippen molar-refractivity contribution in [2.75, 3.05) is 13.2 Å². The fourth-order valence-electron chi connectivity index (χ4n) is 3.11. The summed E-state index contributed by atoms with van der Waals surface area (Å²) >= 11 is 0. The van der Waals surface area contributed by atoms with Crippen molar-refractivity contribution >= 4 is 38.4 Å². The van der Waals surface area contributed by atoms with Gasteiger partial charge in [-0.2, -0.15) is 6.61 Å². The molecular weight excluding hydrogens is 652 g/mol. The van der Waals surface area contributed by atoms with Crippen LogP contribution < -0.4 is 9.79 Å². The number of phosphoric acid groups is 2. The van der Waals surface area contributed by atoms with Crippen molar-refractivity contribution in [2.45, 2.75) is 83.1 Å². The zero-order valence-corrected chi connectivity index (χ0v) is 27.8. The number of hydrogen-bond donors (Lipinski definition) is 0. The monoisotopic (exact) mass is 682 g/mol. The Morgan fingerprint density at radius 1 is 1.06 bits per heavy atom. The van der Waals surface area contributed by atoms with Gasteiger partial charge in [0.15, 0.2) is 0 Å². The van der Waals surface area contributed by atoms with Gasteiger partial charge in [-0.25, -0.2) is 0 Å². The van der Waals surface area contributed by atoms with Crippen LogP contribution >= 0.6 is 15.6 Å². The SMILES string of the molecule is [B][B][C@H]1CC(OP(=O)([O-])O[CH-][C@H]2O[C@@H]([B])CC2OP(=O)([O-])OCC(C)C)[C@@H](COC(C)C)O1.[Y].[Y]. The number of hydrogen-bond acceptors (Lipinski definition) is 11. The second-order valence-electron chi connectivity index (χ2n) is 8.51. The van der Waals surface area contributed by atoms with Gasteiger partial charge in [-0.05, 0) is 38.7 Å². The molecule has 18 heteroatoms. The summed E-state index contributed by atoms with van der Waals surface area (Å²) in [6.07, 6.45) is -3.84. The van der Waals surface area contributed by atoms with E-state index in [1.807, 2.05) is 13.8 Å². The molecule has 0 bridgehead atoms. The Hall–Kier alpha value is 2.50. The molecule has 0 aromatic rings. The molecule has 0 amide bonds. The molecule has 2 saturated heterocycles. The normalized spacial score (nSPS) is 32.0. The molecular formula is C17H29B3O11P2Y2-3. The third-order valence-electron chi connectivity index (χ3n) is 4.62. The van der Waals surface area contributed by atoms with Crippen molar-refractivity contribution < 1.29 is 117 Å². The number of phosphoric ester groups is 2. The molecule has 4 unspecified atom stereocenters. The van der Waals surface area contributed by atoms with E-state index in [1.165, 1.54) is 7.17 Å². The molecule has 0 aliphatic carbocycles. The molecule has 2 heterocycles. The van der Waals surface area contributed by atoms with Crippen molar-refractivity contribution in [3.8, 4) is 0 Å². The fourth-order valence-corrected chi connectivity index (χ4v) is 5.06. The topological polar surface area (TPSA) is 145 Å². The second kappa shape index (κ2) is 17.3. The zero-order chi connectivity index (χ0) is 24.8. The summed E-state index contributed by atoms with van der Waals surface area (Å²) in [4.78, 5) is 24.4. The molecule has 191 valence electrons. The first-order valence-electron chi connectivity index (χ1n) is 10.7. The van der Waals surface area contributed by atoms with Crippen LogP contribution in [0.3, 0.4) is 0 Å². The van der Waals surface area contributed by atoms with Gasteiger partial charge in [-0.15, -0.1) is 0 Å². The van der Waals surface area contributed by atoms with Crippen molar-refractivity contribution in [3.05, 3.63) is 6.61 Å². The number of rotatable bonds is 14. The maximum absolute atomic E-state index is 12.4. The minimum absolute atomic E-state index is 0. The third kappa shape index (κ3) is 14.1. The Kier molecular flexibility index (Phi) is 18.6.